The maximum absolute atomic E-state index is 13.1. The molecule has 0 heterocycles. The Morgan fingerprint density at radius 2 is 1.43 bits per heavy atom. The predicted octanol–water partition coefficient (Wildman–Crippen LogP) is 5.26. The van der Waals surface area contributed by atoms with Gasteiger partial charge in [0.2, 0.25) is 0 Å². The molecule has 2 atom stereocenters. The lowest BCUT2D eigenvalue weighted by atomic mass is 10.0. The fourth-order valence-electron chi connectivity index (χ4n) is 2.76. The van der Waals surface area contributed by atoms with E-state index < -0.39 is 41.4 Å². The zero-order valence-corrected chi connectivity index (χ0v) is 15.8. The Morgan fingerprint density at radius 1 is 0.900 bits per heavy atom. The lowest BCUT2D eigenvalue weighted by molar-refractivity contribution is -0.143. The summed E-state index contributed by atoms with van der Waals surface area (Å²) < 4.78 is 96.9. The highest BCUT2D eigenvalue weighted by molar-refractivity contribution is 5.34. The second-order valence-corrected chi connectivity index (χ2v) is 6.60. The molecule has 0 aliphatic carbocycles. The molecule has 30 heavy (non-hydrogen) atoms. The van der Waals surface area contributed by atoms with Gasteiger partial charge in [0.15, 0.2) is 0 Å². The number of alkyl halides is 6. The number of rotatable bonds is 8. The van der Waals surface area contributed by atoms with Gasteiger partial charge in [0.1, 0.15) is 5.82 Å². The van der Waals surface area contributed by atoms with Crippen molar-refractivity contribution in [3.8, 4) is 0 Å². The van der Waals surface area contributed by atoms with Gasteiger partial charge in [-0.25, -0.2) is 4.39 Å². The van der Waals surface area contributed by atoms with Gasteiger partial charge >= 0.3 is 12.4 Å². The Bertz CT molecular complexity index is 787. The van der Waals surface area contributed by atoms with Gasteiger partial charge in [-0.2, -0.15) is 26.3 Å². The average Bonchev–Trinajstić information content (AvgIpc) is 2.67. The molecule has 0 saturated heterocycles. The Kier molecular flexibility index (Phi) is 7.84. The number of aliphatic hydroxyl groups excluding tert-OH is 1. The van der Waals surface area contributed by atoms with Crippen molar-refractivity contribution in [2.75, 3.05) is 19.8 Å². The minimum Gasteiger partial charge on any atom is -0.395 e. The number of hydrogen-bond donors (Lipinski definition) is 2. The molecule has 0 spiro atoms. The summed E-state index contributed by atoms with van der Waals surface area (Å²) in [4.78, 5) is 0. The molecule has 10 heteroatoms. The van der Waals surface area contributed by atoms with Gasteiger partial charge in [-0.1, -0.05) is 12.1 Å². The fourth-order valence-corrected chi connectivity index (χ4v) is 2.76. The summed E-state index contributed by atoms with van der Waals surface area (Å²) in [6.45, 7) is 1.14. The number of nitrogens with one attached hydrogen (secondary N) is 1. The van der Waals surface area contributed by atoms with Crippen LogP contribution < -0.4 is 5.32 Å². The Balaban J connectivity index is 2.24. The van der Waals surface area contributed by atoms with E-state index in [0.29, 0.717) is 17.7 Å². The van der Waals surface area contributed by atoms with Crippen LogP contribution in [0.3, 0.4) is 0 Å². The summed E-state index contributed by atoms with van der Waals surface area (Å²) in [6, 6.07) is 6.06. The number of halogens is 7. The zero-order chi connectivity index (χ0) is 22.5. The fraction of sp³-hybridized carbons (Fsp3) is 0.400. The highest BCUT2D eigenvalue weighted by Crippen LogP contribution is 2.38. The van der Waals surface area contributed by atoms with Crippen LogP contribution in [0.1, 0.15) is 41.3 Å². The van der Waals surface area contributed by atoms with Crippen LogP contribution in [0.2, 0.25) is 0 Å². The topological polar surface area (TPSA) is 41.5 Å². The predicted molar refractivity (Wildman–Crippen MR) is 95.0 cm³/mol. The molecule has 0 aliphatic heterocycles. The molecule has 0 saturated carbocycles. The molecule has 0 unspecified atom stereocenters. The van der Waals surface area contributed by atoms with Crippen molar-refractivity contribution in [3.63, 3.8) is 0 Å². The van der Waals surface area contributed by atoms with E-state index >= 15 is 0 Å². The minimum absolute atomic E-state index is 0.0559. The molecule has 0 aromatic heterocycles. The van der Waals surface area contributed by atoms with Crippen LogP contribution in [0.4, 0.5) is 30.7 Å². The van der Waals surface area contributed by atoms with Crippen molar-refractivity contribution in [1.82, 2.24) is 5.32 Å². The first kappa shape index (κ1) is 24.1. The van der Waals surface area contributed by atoms with E-state index in [9.17, 15) is 30.7 Å². The maximum atomic E-state index is 13.1. The van der Waals surface area contributed by atoms with Gasteiger partial charge in [0.25, 0.3) is 0 Å². The van der Waals surface area contributed by atoms with Crippen molar-refractivity contribution >= 4 is 0 Å². The minimum atomic E-state index is -4.95. The lowest BCUT2D eigenvalue weighted by Crippen LogP contribution is -2.28. The Hall–Kier alpha value is -2.17. The molecule has 166 valence electrons. The van der Waals surface area contributed by atoms with Gasteiger partial charge in [-0.15, -0.1) is 0 Å². The van der Waals surface area contributed by atoms with Crippen molar-refractivity contribution < 1.29 is 40.6 Å². The third-order valence-corrected chi connectivity index (χ3v) is 4.37. The number of ether oxygens (including phenoxy) is 1. The molecule has 0 radical (unpaired) electrons. The van der Waals surface area contributed by atoms with E-state index in [1.807, 2.05) is 0 Å². The zero-order valence-electron chi connectivity index (χ0n) is 15.8. The lowest BCUT2D eigenvalue weighted by Gasteiger charge is -2.23. The van der Waals surface area contributed by atoms with Crippen LogP contribution in [-0.2, 0) is 17.1 Å². The van der Waals surface area contributed by atoms with E-state index in [-0.39, 0.29) is 31.4 Å². The first-order chi connectivity index (χ1) is 13.9. The second-order valence-electron chi connectivity index (χ2n) is 6.60. The van der Waals surface area contributed by atoms with E-state index in [0.717, 1.165) is 0 Å². The standard InChI is InChI=1S/C20H20F7NO2/c1-12(14-8-15(19(22,23)24)10-16(9-14)20(25,26)27)30-11-18(28-6-7-29)13-2-4-17(21)5-3-13/h2-5,8-10,12,18,28-29H,6-7,11H2,1H3/t12-,18-/m1/s1. The maximum Gasteiger partial charge on any atom is 0.416 e. The summed E-state index contributed by atoms with van der Waals surface area (Å²) >= 11 is 0. The summed E-state index contributed by atoms with van der Waals surface area (Å²) in [5, 5.41) is 11.9. The van der Waals surface area contributed by atoms with Gasteiger partial charge in [0, 0.05) is 6.54 Å². The van der Waals surface area contributed by atoms with Crippen molar-refractivity contribution in [2.45, 2.75) is 31.4 Å². The molecule has 2 aromatic carbocycles. The van der Waals surface area contributed by atoms with Crippen molar-refractivity contribution in [3.05, 3.63) is 70.5 Å². The Labute approximate surface area is 168 Å². The van der Waals surface area contributed by atoms with Crippen LogP contribution >= 0.6 is 0 Å². The smallest absolute Gasteiger partial charge is 0.395 e. The quantitative estimate of drug-likeness (QED) is 0.551. The summed E-state index contributed by atoms with van der Waals surface area (Å²) in [5.74, 6) is -0.474. The van der Waals surface area contributed by atoms with E-state index in [1.54, 1.807) is 0 Å². The van der Waals surface area contributed by atoms with Gasteiger partial charge in [-0.05, 0) is 48.4 Å². The molecule has 2 rings (SSSR count). The summed E-state index contributed by atoms with van der Waals surface area (Å²) in [5.41, 5.74) is -2.54. The highest BCUT2D eigenvalue weighted by atomic mass is 19.4. The SMILES string of the molecule is C[C@@H](OC[C@@H](NCCO)c1ccc(F)cc1)c1cc(C(F)(F)F)cc(C(F)(F)F)c1. The van der Waals surface area contributed by atoms with Crippen LogP contribution in [0, 0.1) is 5.82 Å². The molecular formula is C20H20F7NO2. The average molecular weight is 439 g/mol. The normalized spacial score (nSPS) is 14.6. The molecule has 2 N–H and O–H groups in total. The van der Waals surface area contributed by atoms with Crippen LogP contribution in [0.15, 0.2) is 42.5 Å². The number of aliphatic hydroxyl groups is 1. The van der Waals surface area contributed by atoms with E-state index in [1.165, 1.54) is 31.2 Å². The molecule has 0 aliphatic rings. The number of hydrogen-bond acceptors (Lipinski definition) is 3. The molecule has 3 nitrogen and oxygen atoms in total. The van der Waals surface area contributed by atoms with Crippen LogP contribution in [0.5, 0.6) is 0 Å². The van der Waals surface area contributed by atoms with Gasteiger partial charge < -0.3 is 15.2 Å². The first-order valence-corrected chi connectivity index (χ1v) is 8.92. The summed E-state index contributed by atoms with van der Waals surface area (Å²) in [7, 11) is 0. The second kappa shape index (κ2) is 9.76. The van der Waals surface area contributed by atoms with Crippen molar-refractivity contribution in [2.24, 2.45) is 0 Å². The van der Waals surface area contributed by atoms with Crippen LogP contribution in [0.25, 0.3) is 0 Å². The van der Waals surface area contributed by atoms with Crippen LogP contribution in [-0.4, -0.2) is 24.9 Å². The van der Waals surface area contributed by atoms with Gasteiger partial charge in [-0.3, -0.25) is 0 Å². The van der Waals surface area contributed by atoms with Gasteiger partial charge in [0.05, 0.1) is 36.5 Å². The first-order valence-electron chi connectivity index (χ1n) is 8.92. The molecular weight excluding hydrogens is 419 g/mol. The van der Waals surface area contributed by atoms with E-state index in [2.05, 4.69) is 5.32 Å². The van der Waals surface area contributed by atoms with E-state index in [4.69, 9.17) is 9.84 Å². The van der Waals surface area contributed by atoms with Crippen molar-refractivity contribution in [1.29, 1.82) is 0 Å². The third kappa shape index (κ3) is 6.68. The highest BCUT2D eigenvalue weighted by Gasteiger charge is 2.37. The number of benzene rings is 2. The summed E-state index contributed by atoms with van der Waals surface area (Å²) in [6.07, 6.45) is -11.0. The molecule has 0 amide bonds. The molecule has 0 fully saturated rings. The molecule has 2 aromatic rings. The monoisotopic (exact) mass is 439 g/mol. The molecule has 0 bridgehead atoms. The Morgan fingerprint density at radius 3 is 1.90 bits per heavy atom. The third-order valence-electron chi connectivity index (χ3n) is 4.37. The largest absolute Gasteiger partial charge is 0.416 e.